The summed E-state index contributed by atoms with van der Waals surface area (Å²) in [7, 11) is -4.93. The quantitative estimate of drug-likeness (QED) is 0.180. The molecule has 0 fully saturated rings. The number of fused-ring (bicyclic) bond motifs is 1. The lowest BCUT2D eigenvalue weighted by atomic mass is 10.1. The van der Waals surface area contributed by atoms with Crippen LogP contribution in [0.15, 0.2) is 11.1 Å². The van der Waals surface area contributed by atoms with Gasteiger partial charge in [-0.2, -0.15) is 4.98 Å². The number of phosphoric ester groups is 1. The fourth-order valence-corrected chi connectivity index (χ4v) is 2.00. The highest BCUT2D eigenvalue weighted by Crippen LogP contribution is 2.38. The summed E-state index contributed by atoms with van der Waals surface area (Å²) in [6.07, 6.45) is -4.19. The zero-order valence-corrected chi connectivity index (χ0v) is 13.3. The van der Waals surface area contributed by atoms with Gasteiger partial charge in [-0.05, 0) is 0 Å². The van der Waals surface area contributed by atoms with Crippen molar-refractivity contribution in [2.45, 2.75) is 18.3 Å². The summed E-state index contributed by atoms with van der Waals surface area (Å²) in [5, 5.41) is 26.2. The zero-order valence-electron chi connectivity index (χ0n) is 12.4. The third-order valence-electron chi connectivity index (χ3n) is 2.63. The van der Waals surface area contributed by atoms with Gasteiger partial charge in [-0.25, -0.2) is 9.55 Å². The van der Waals surface area contributed by atoms with Crippen LogP contribution in [0.4, 0.5) is 5.95 Å². The molecule has 0 radical (unpaired) electrons. The van der Waals surface area contributed by atoms with Gasteiger partial charge in [-0.15, -0.1) is 0 Å². The molecule has 2 aromatic heterocycles. The number of aromatic amines is 2. The molecule has 2 heterocycles. The van der Waals surface area contributed by atoms with Crippen molar-refractivity contribution in [3.05, 3.63) is 16.7 Å². The Balaban J connectivity index is 0.000000255. The number of aromatic nitrogens is 4. The van der Waals surface area contributed by atoms with Crippen molar-refractivity contribution in [2.75, 3.05) is 12.3 Å². The third kappa shape index (κ3) is 6.32. The maximum absolute atomic E-state index is 11.0. The average Bonchev–Trinajstić information content (AvgIpc) is 2.99. The van der Waals surface area contributed by atoms with Gasteiger partial charge < -0.3 is 40.6 Å². The highest BCUT2D eigenvalue weighted by Gasteiger charge is 2.32. The van der Waals surface area contributed by atoms with Crippen LogP contribution in [0.5, 0.6) is 0 Å². The number of nitrogens with two attached hydrogens (primary N) is 1. The maximum Gasteiger partial charge on any atom is 0.470 e. The molecule has 140 valence electrons. The molecular weight excluding hydrogens is 365 g/mol. The van der Waals surface area contributed by atoms with Gasteiger partial charge in [0.2, 0.25) is 5.95 Å². The highest BCUT2D eigenvalue weighted by molar-refractivity contribution is 7.46. The average molecular weight is 381 g/mol. The standard InChI is InChI=1S/C5H5N5O.C5H11O8P/c6-5-9-3-2(4(11)10-5)7-1-8-3;6-1-3(8)5(9)4(2-7)13-14(10,11)12/h1H,(H4,6,7,8,9,10,11);2-6,8-9H,1H2,(H2,10,11,12)/t;3-,4+,5-/m.1/s1. The monoisotopic (exact) mass is 381 g/mol. The first kappa shape index (κ1) is 20.9. The van der Waals surface area contributed by atoms with Crippen molar-refractivity contribution < 1.29 is 39.0 Å². The molecule has 0 saturated carbocycles. The maximum atomic E-state index is 11.0. The van der Waals surface area contributed by atoms with Gasteiger partial charge in [0.15, 0.2) is 23.6 Å². The second-order valence-corrected chi connectivity index (χ2v) is 5.68. The molecule has 3 atom stereocenters. The van der Waals surface area contributed by atoms with E-state index < -0.39 is 32.7 Å². The van der Waals surface area contributed by atoms with E-state index in [0.717, 1.165) is 0 Å². The molecule has 15 heteroatoms. The minimum absolute atomic E-state index is 0.0783. The molecular formula is C10H16N5O9P. The number of nitrogens with zero attached hydrogens (tertiary/aromatic N) is 2. The van der Waals surface area contributed by atoms with Crippen LogP contribution in [-0.4, -0.2) is 76.2 Å². The second kappa shape index (κ2) is 8.77. The minimum Gasteiger partial charge on any atom is -0.394 e. The number of aldehydes is 1. The van der Waals surface area contributed by atoms with E-state index >= 15 is 0 Å². The predicted molar refractivity (Wildman–Crippen MR) is 81.0 cm³/mol. The molecule has 14 nitrogen and oxygen atoms in total. The summed E-state index contributed by atoms with van der Waals surface area (Å²) in [5.41, 5.74) is 5.65. The molecule has 25 heavy (non-hydrogen) atoms. The second-order valence-electron chi connectivity index (χ2n) is 4.49. The Kier molecular flexibility index (Phi) is 7.32. The van der Waals surface area contributed by atoms with E-state index in [-0.39, 0.29) is 17.8 Å². The van der Waals surface area contributed by atoms with Crippen molar-refractivity contribution in [3.63, 3.8) is 0 Å². The van der Waals surface area contributed by atoms with Gasteiger partial charge in [-0.3, -0.25) is 14.3 Å². The number of aliphatic hydroxyl groups is 3. The molecule has 0 spiro atoms. The van der Waals surface area contributed by atoms with Crippen LogP contribution in [0.2, 0.25) is 0 Å². The number of hydrogen-bond acceptors (Lipinski definition) is 10. The molecule has 0 saturated heterocycles. The number of aliphatic hydroxyl groups excluding tert-OH is 3. The van der Waals surface area contributed by atoms with Crippen LogP contribution in [0.1, 0.15) is 0 Å². The van der Waals surface area contributed by atoms with Crippen LogP contribution in [-0.2, 0) is 13.9 Å². The van der Waals surface area contributed by atoms with Crippen LogP contribution < -0.4 is 11.3 Å². The normalized spacial score (nSPS) is 15.1. The van der Waals surface area contributed by atoms with Crippen LogP contribution in [0.25, 0.3) is 11.2 Å². The Morgan fingerprint density at radius 1 is 1.40 bits per heavy atom. The summed E-state index contributed by atoms with van der Waals surface area (Å²) in [6, 6.07) is 0. The first-order valence-electron chi connectivity index (χ1n) is 6.44. The van der Waals surface area contributed by atoms with E-state index in [1.54, 1.807) is 0 Å². The first-order chi connectivity index (χ1) is 11.6. The predicted octanol–water partition coefficient (Wildman–Crippen LogP) is -3.39. The fourth-order valence-electron chi connectivity index (χ4n) is 1.51. The number of nitrogen functional groups attached to an aromatic ring is 1. The van der Waals surface area contributed by atoms with Gasteiger partial charge in [0, 0.05) is 0 Å². The Labute approximate surface area is 138 Å². The number of phosphoric acid groups is 1. The molecule has 0 aliphatic heterocycles. The van der Waals surface area contributed by atoms with Crippen molar-refractivity contribution >= 4 is 31.2 Å². The molecule has 0 amide bonds. The summed E-state index contributed by atoms with van der Waals surface area (Å²) >= 11 is 0. The number of carbonyl (C=O) groups is 1. The molecule has 0 bridgehead atoms. The van der Waals surface area contributed by atoms with Gasteiger partial charge in [0.1, 0.15) is 12.2 Å². The van der Waals surface area contributed by atoms with Crippen LogP contribution in [0.3, 0.4) is 0 Å². The number of H-pyrrole nitrogens is 2. The molecule has 0 aliphatic carbocycles. The smallest absolute Gasteiger partial charge is 0.394 e. The number of hydrogen-bond donors (Lipinski definition) is 8. The SMILES string of the molecule is Nc1nc2nc[nH]c2c(=O)[nH]1.O=C[C@H](OP(=O)(O)O)[C@H](O)[C@H](O)CO. The summed E-state index contributed by atoms with van der Waals surface area (Å²) < 4.78 is 14.1. The molecule has 2 aromatic rings. The lowest BCUT2D eigenvalue weighted by Gasteiger charge is -2.21. The van der Waals surface area contributed by atoms with Gasteiger partial charge in [-0.1, -0.05) is 0 Å². The van der Waals surface area contributed by atoms with E-state index in [0.29, 0.717) is 11.2 Å². The lowest BCUT2D eigenvalue weighted by Crippen LogP contribution is -2.41. The van der Waals surface area contributed by atoms with Crippen molar-refractivity contribution in [1.29, 1.82) is 0 Å². The first-order valence-corrected chi connectivity index (χ1v) is 7.97. The third-order valence-corrected chi connectivity index (χ3v) is 3.14. The number of anilines is 1. The summed E-state index contributed by atoms with van der Waals surface area (Å²) in [4.78, 5) is 50.4. The zero-order chi connectivity index (χ0) is 19.2. The van der Waals surface area contributed by atoms with Crippen molar-refractivity contribution in [3.8, 4) is 0 Å². The summed E-state index contributed by atoms with van der Waals surface area (Å²) in [5.74, 6) is 0.0783. The van der Waals surface area contributed by atoms with Gasteiger partial charge in [0.25, 0.3) is 5.56 Å². The Bertz CT molecular complexity index is 801. The van der Waals surface area contributed by atoms with Gasteiger partial charge in [0.05, 0.1) is 12.9 Å². The molecule has 0 unspecified atom stereocenters. The number of carbonyl (C=O) groups excluding carboxylic acids is 1. The van der Waals surface area contributed by atoms with E-state index in [1.807, 2.05) is 0 Å². The van der Waals surface area contributed by atoms with Crippen molar-refractivity contribution in [2.24, 2.45) is 0 Å². The number of rotatable bonds is 6. The number of nitrogens with one attached hydrogen (secondary N) is 2. The van der Waals surface area contributed by atoms with E-state index in [9.17, 15) is 14.2 Å². The van der Waals surface area contributed by atoms with E-state index in [2.05, 4.69) is 24.5 Å². The Morgan fingerprint density at radius 3 is 2.56 bits per heavy atom. The van der Waals surface area contributed by atoms with Crippen LogP contribution in [0, 0.1) is 0 Å². The molecule has 2 rings (SSSR count). The Hall–Kier alpha value is -2.19. The van der Waals surface area contributed by atoms with E-state index in [4.69, 9.17) is 30.8 Å². The highest BCUT2D eigenvalue weighted by atomic mass is 31.2. The Morgan fingerprint density at radius 2 is 2.04 bits per heavy atom. The molecule has 0 aromatic carbocycles. The summed E-state index contributed by atoms with van der Waals surface area (Å²) in [6.45, 7) is -0.865. The minimum atomic E-state index is -4.93. The molecule has 0 aliphatic rings. The largest absolute Gasteiger partial charge is 0.470 e. The van der Waals surface area contributed by atoms with Crippen molar-refractivity contribution in [1.82, 2.24) is 19.9 Å². The van der Waals surface area contributed by atoms with E-state index in [1.165, 1.54) is 6.33 Å². The van der Waals surface area contributed by atoms with Gasteiger partial charge >= 0.3 is 7.82 Å². The molecule has 9 N–H and O–H groups in total. The fraction of sp³-hybridized carbons (Fsp3) is 0.400. The topological polar surface area (TPSA) is 245 Å². The van der Waals surface area contributed by atoms with Crippen LogP contribution >= 0.6 is 7.82 Å². The lowest BCUT2D eigenvalue weighted by molar-refractivity contribution is -0.126. The number of imidazole rings is 1.